The van der Waals surface area contributed by atoms with Gasteiger partial charge in [0.25, 0.3) is 17.4 Å². The van der Waals surface area contributed by atoms with Gasteiger partial charge in [-0.25, -0.2) is 4.68 Å². The molecule has 2 N–H and O–H groups in total. The molecule has 0 aliphatic heterocycles. The van der Waals surface area contributed by atoms with Gasteiger partial charge in [0.05, 0.1) is 10.9 Å². The van der Waals surface area contributed by atoms with E-state index in [9.17, 15) is 27.6 Å². The highest BCUT2D eigenvalue weighted by atomic mass is 35.5. The van der Waals surface area contributed by atoms with Gasteiger partial charge >= 0.3 is 6.18 Å². The lowest BCUT2D eigenvalue weighted by Crippen LogP contribution is -2.42. The molecule has 1 heterocycles. The molecule has 0 spiro atoms. The molecule has 0 atom stereocenters. The molecule has 2 aromatic carbocycles. The van der Waals surface area contributed by atoms with E-state index in [0.29, 0.717) is 10.8 Å². The highest BCUT2D eigenvalue weighted by Gasteiger charge is 2.30. The van der Waals surface area contributed by atoms with E-state index >= 15 is 0 Å². The van der Waals surface area contributed by atoms with Gasteiger partial charge in [0.1, 0.15) is 0 Å². The topological polar surface area (TPSA) is 93.1 Å². The van der Waals surface area contributed by atoms with Crippen molar-refractivity contribution in [2.45, 2.75) is 19.6 Å². The van der Waals surface area contributed by atoms with E-state index in [1.54, 1.807) is 31.2 Å². The molecular weight excluding hydrogens is 449 g/mol. The van der Waals surface area contributed by atoms with Gasteiger partial charge in [-0.1, -0.05) is 29.8 Å². The van der Waals surface area contributed by atoms with E-state index in [-0.39, 0.29) is 28.4 Å². The number of carbonyl (C=O) groups excluding carboxylic acids is 2. The third-order valence-electron chi connectivity index (χ3n) is 4.42. The molecule has 1 aromatic heterocycles. The number of halogens is 4. The van der Waals surface area contributed by atoms with E-state index < -0.39 is 23.6 Å². The van der Waals surface area contributed by atoms with Gasteiger partial charge in [0, 0.05) is 23.0 Å². The third kappa shape index (κ3) is 4.97. The maximum atomic E-state index is 12.8. The number of nitrogens with one attached hydrogen (secondary N) is 2. The standard InChI is InChI=1S/C21H16ClF3N4O3/c1-2-29-20(32)15-6-4-3-5-14(15)18(28-29)19(31)27-26-17(30)10-7-12-11-13(21(23,24)25)8-9-16(12)22/h3-11H,2H2,1H3,(H,26,30)(H,27,31)/b10-7+. The van der Waals surface area contributed by atoms with Crippen LogP contribution in [0.1, 0.15) is 28.5 Å². The molecule has 0 aliphatic rings. The number of hydrogen-bond donors (Lipinski definition) is 2. The molecule has 3 aromatic rings. The number of aryl methyl sites for hydroxylation is 1. The number of rotatable bonds is 4. The summed E-state index contributed by atoms with van der Waals surface area (Å²) in [6.07, 6.45) is -2.56. The van der Waals surface area contributed by atoms with Gasteiger partial charge in [-0.15, -0.1) is 0 Å². The number of carbonyl (C=O) groups is 2. The molecule has 0 unspecified atom stereocenters. The zero-order valence-electron chi connectivity index (χ0n) is 16.5. The summed E-state index contributed by atoms with van der Waals surface area (Å²) in [5.74, 6) is -1.60. The van der Waals surface area contributed by atoms with E-state index in [4.69, 9.17) is 11.6 Å². The van der Waals surface area contributed by atoms with Gasteiger partial charge in [-0.3, -0.25) is 25.2 Å². The Balaban J connectivity index is 1.76. The number of hydrogen-bond acceptors (Lipinski definition) is 4. The minimum Gasteiger partial charge on any atom is -0.268 e. The quantitative estimate of drug-likeness (QED) is 0.456. The van der Waals surface area contributed by atoms with Gasteiger partial charge in [0.2, 0.25) is 0 Å². The molecule has 0 saturated carbocycles. The summed E-state index contributed by atoms with van der Waals surface area (Å²) in [6, 6.07) is 9.09. The molecular formula is C21H16ClF3N4O3. The van der Waals surface area contributed by atoms with Crippen molar-refractivity contribution in [1.29, 1.82) is 0 Å². The van der Waals surface area contributed by atoms with Gasteiger partial charge < -0.3 is 0 Å². The molecule has 7 nitrogen and oxygen atoms in total. The summed E-state index contributed by atoms with van der Waals surface area (Å²) in [4.78, 5) is 36.9. The van der Waals surface area contributed by atoms with Crippen LogP contribution >= 0.6 is 11.6 Å². The largest absolute Gasteiger partial charge is 0.416 e. The van der Waals surface area contributed by atoms with Crippen molar-refractivity contribution in [1.82, 2.24) is 20.6 Å². The molecule has 2 amide bonds. The first-order valence-electron chi connectivity index (χ1n) is 9.26. The van der Waals surface area contributed by atoms with Crippen LogP contribution in [-0.4, -0.2) is 21.6 Å². The molecule has 3 rings (SSSR count). The van der Waals surface area contributed by atoms with Crippen LogP contribution in [0.4, 0.5) is 13.2 Å². The fourth-order valence-corrected chi connectivity index (χ4v) is 3.03. The zero-order chi connectivity index (χ0) is 23.5. The van der Waals surface area contributed by atoms with Crippen LogP contribution in [0.5, 0.6) is 0 Å². The van der Waals surface area contributed by atoms with Crippen LogP contribution in [0.2, 0.25) is 5.02 Å². The van der Waals surface area contributed by atoms with Crippen molar-refractivity contribution < 1.29 is 22.8 Å². The average Bonchev–Trinajstić information content (AvgIpc) is 2.76. The van der Waals surface area contributed by atoms with Crippen LogP contribution < -0.4 is 16.4 Å². The molecule has 166 valence electrons. The van der Waals surface area contributed by atoms with Crippen molar-refractivity contribution in [3.8, 4) is 0 Å². The zero-order valence-corrected chi connectivity index (χ0v) is 17.3. The minimum atomic E-state index is -4.56. The van der Waals surface area contributed by atoms with Crippen LogP contribution in [0.15, 0.2) is 53.3 Å². The van der Waals surface area contributed by atoms with E-state index in [1.807, 2.05) is 0 Å². The third-order valence-corrected chi connectivity index (χ3v) is 4.76. The molecule has 0 radical (unpaired) electrons. The van der Waals surface area contributed by atoms with E-state index in [0.717, 1.165) is 35.0 Å². The number of benzene rings is 2. The Kier molecular flexibility index (Phi) is 6.64. The molecule has 0 fully saturated rings. The predicted molar refractivity (Wildman–Crippen MR) is 113 cm³/mol. The summed E-state index contributed by atoms with van der Waals surface area (Å²) in [6.45, 7) is 1.92. The van der Waals surface area contributed by atoms with Crippen molar-refractivity contribution in [3.63, 3.8) is 0 Å². The lowest BCUT2D eigenvalue weighted by atomic mass is 10.1. The monoisotopic (exact) mass is 464 g/mol. The number of alkyl halides is 3. The Bertz CT molecular complexity index is 1290. The van der Waals surface area contributed by atoms with Crippen molar-refractivity contribution in [2.24, 2.45) is 0 Å². The first kappa shape index (κ1) is 23.0. The number of fused-ring (bicyclic) bond motifs is 1. The SMILES string of the molecule is CCn1nc(C(=O)NNC(=O)/C=C/c2cc(C(F)(F)F)ccc2Cl)c2ccccc2c1=O. The molecule has 11 heteroatoms. The molecule has 32 heavy (non-hydrogen) atoms. The Labute approximate surface area is 184 Å². The first-order chi connectivity index (χ1) is 15.1. The Morgan fingerprint density at radius 1 is 1.12 bits per heavy atom. The first-order valence-corrected chi connectivity index (χ1v) is 9.64. The summed E-state index contributed by atoms with van der Waals surface area (Å²) in [5, 5.41) is 4.65. The second-order valence-corrected chi connectivity index (χ2v) is 6.93. The van der Waals surface area contributed by atoms with Crippen LogP contribution in [0.25, 0.3) is 16.8 Å². The second kappa shape index (κ2) is 9.23. The fourth-order valence-electron chi connectivity index (χ4n) is 2.85. The Morgan fingerprint density at radius 3 is 2.47 bits per heavy atom. The van der Waals surface area contributed by atoms with Crippen molar-refractivity contribution in [2.75, 3.05) is 0 Å². The predicted octanol–water partition coefficient (Wildman–Crippen LogP) is 3.56. The molecule has 0 bridgehead atoms. The summed E-state index contributed by atoms with van der Waals surface area (Å²) >= 11 is 5.88. The van der Waals surface area contributed by atoms with Gasteiger partial charge in [0.15, 0.2) is 5.69 Å². The fraction of sp³-hybridized carbons (Fsp3) is 0.143. The lowest BCUT2D eigenvalue weighted by molar-refractivity contribution is -0.137. The van der Waals surface area contributed by atoms with Crippen LogP contribution in [-0.2, 0) is 17.5 Å². The summed E-state index contributed by atoms with van der Waals surface area (Å²) in [7, 11) is 0. The second-order valence-electron chi connectivity index (χ2n) is 6.53. The smallest absolute Gasteiger partial charge is 0.268 e. The lowest BCUT2D eigenvalue weighted by Gasteiger charge is -2.10. The van der Waals surface area contributed by atoms with Gasteiger partial charge in [-0.05, 0) is 42.8 Å². The van der Waals surface area contributed by atoms with Gasteiger partial charge in [-0.2, -0.15) is 18.3 Å². The number of aromatic nitrogens is 2. The van der Waals surface area contributed by atoms with Crippen LogP contribution in [0.3, 0.4) is 0 Å². The number of hydrazine groups is 1. The Morgan fingerprint density at radius 2 is 1.81 bits per heavy atom. The summed E-state index contributed by atoms with van der Waals surface area (Å²) < 4.78 is 39.6. The van der Waals surface area contributed by atoms with Crippen molar-refractivity contribution >= 4 is 40.3 Å². The molecule has 0 aliphatic carbocycles. The van der Waals surface area contributed by atoms with E-state index in [2.05, 4.69) is 16.0 Å². The van der Waals surface area contributed by atoms with Crippen molar-refractivity contribution in [3.05, 3.63) is 80.7 Å². The summed E-state index contributed by atoms with van der Waals surface area (Å²) in [5.41, 5.74) is 2.91. The highest BCUT2D eigenvalue weighted by Crippen LogP contribution is 2.32. The normalized spacial score (nSPS) is 11.7. The van der Waals surface area contributed by atoms with E-state index in [1.165, 1.54) is 0 Å². The highest BCUT2D eigenvalue weighted by molar-refractivity contribution is 6.32. The average molecular weight is 465 g/mol. The maximum absolute atomic E-state index is 12.8. The van der Waals surface area contributed by atoms with Crippen LogP contribution in [0, 0.1) is 0 Å². The minimum absolute atomic E-state index is 0.0172. The number of amides is 2. The molecule has 0 saturated heterocycles. The maximum Gasteiger partial charge on any atom is 0.416 e. The Hall–Kier alpha value is -3.66. The number of nitrogens with zero attached hydrogens (tertiary/aromatic N) is 2.